The average molecular weight is 285 g/mol. The molecule has 21 heavy (non-hydrogen) atoms. The number of nitrogens with zero attached hydrogens (tertiary/aromatic N) is 1. The van der Waals surface area contributed by atoms with Crippen LogP contribution in [0.15, 0.2) is 36.4 Å². The van der Waals surface area contributed by atoms with Crippen LogP contribution in [0.25, 0.3) is 5.57 Å². The predicted octanol–water partition coefficient (Wildman–Crippen LogP) is 1.90. The number of ketones is 1. The fourth-order valence-electron chi connectivity index (χ4n) is 3.34. The highest BCUT2D eigenvalue weighted by Crippen LogP contribution is 2.39. The van der Waals surface area contributed by atoms with E-state index in [1.54, 1.807) is 6.92 Å². The first-order chi connectivity index (χ1) is 10.1. The minimum Gasteiger partial charge on any atom is -0.466 e. The Balaban J connectivity index is 1.95. The summed E-state index contributed by atoms with van der Waals surface area (Å²) in [6.07, 6.45) is 2.48. The summed E-state index contributed by atoms with van der Waals surface area (Å²) in [5.74, 6) is -0.341. The van der Waals surface area contributed by atoms with Crippen molar-refractivity contribution < 1.29 is 14.3 Å². The fraction of sp³-hybridized carbons (Fsp3) is 0.412. The Morgan fingerprint density at radius 2 is 2.05 bits per heavy atom. The topological polar surface area (TPSA) is 46.6 Å². The first kappa shape index (κ1) is 14.0. The number of hydrogen-bond donors (Lipinski definition) is 0. The molecule has 4 heteroatoms. The molecule has 1 aromatic rings. The van der Waals surface area contributed by atoms with Gasteiger partial charge in [-0.3, -0.25) is 14.5 Å². The van der Waals surface area contributed by atoms with E-state index in [1.807, 2.05) is 48.4 Å². The van der Waals surface area contributed by atoms with E-state index in [-0.39, 0.29) is 29.8 Å². The number of fused-ring (bicyclic) bond motifs is 2. The van der Waals surface area contributed by atoms with Gasteiger partial charge in [0.25, 0.3) is 0 Å². The predicted molar refractivity (Wildman–Crippen MR) is 79.5 cm³/mol. The highest BCUT2D eigenvalue weighted by atomic mass is 16.5. The number of likely N-dealkylation sites (N-methyl/N-ethyl adjacent to an activating group) is 1. The van der Waals surface area contributed by atoms with Crippen molar-refractivity contribution in [3.63, 3.8) is 0 Å². The van der Waals surface area contributed by atoms with Crippen molar-refractivity contribution in [1.29, 1.82) is 0 Å². The third kappa shape index (κ3) is 2.29. The van der Waals surface area contributed by atoms with Gasteiger partial charge in [-0.25, -0.2) is 0 Å². The molecular weight excluding hydrogens is 266 g/mol. The summed E-state index contributed by atoms with van der Waals surface area (Å²) in [6.45, 7) is 2.18. The number of ether oxygens (including phenoxy) is 1. The summed E-state index contributed by atoms with van der Waals surface area (Å²) in [4.78, 5) is 26.7. The third-order valence-corrected chi connectivity index (χ3v) is 4.43. The van der Waals surface area contributed by atoms with E-state index in [9.17, 15) is 9.59 Å². The summed E-state index contributed by atoms with van der Waals surface area (Å²) >= 11 is 0. The maximum atomic E-state index is 12.7. The van der Waals surface area contributed by atoms with Gasteiger partial charge in [-0.2, -0.15) is 0 Å². The molecule has 0 aromatic heterocycles. The molecule has 110 valence electrons. The van der Waals surface area contributed by atoms with E-state index in [2.05, 4.69) is 0 Å². The van der Waals surface area contributed by atoms with Gasteiger partial charge in [0.15, 0.2) is 5.78 Å². The lowest BCUT2D eigenvalue weighted by molar-refractivity contribution is -0.148. The molecule has 2 heterocycles. The van der Waals surface area contributed by atoms with Crippen LogP contribution < -0.4 is 0 Å². The van der Waals surface area contributed by atoms with Crippen LogP contribution in [-0.2, 0) is 14.3 Å². The quantitative estimate of drug-likeness (QED) is 0.796. The van der Waals surface area contributed by atoms with Crippen molar-refractivity contribution >= 4 is 17.3 Å². The van der Waals surface area contributed by atoms with E-state index in [1.165, 1.54) is 0 Å². The molecule has 0 spiro atoms. The summed E-state index contributed by atoms with van der Waals surface area (Å²) in [7, 11) is 1.91. The number of carbonyl (C=O) groups is 2. The van der Waals surface area contributed by atoms with Crippen LogP contribution in [0.4, 0.5) is 0 Å². The molecule has 1 fully saturated rings. The Morgan fingerprint density at radius 1 is 1.33 bits per heavy atom. The van der Waals surface area contributed by atoms with Crippen molar-refractivity contribution in [3.8, 4) is 0 Å². The van der Waals surface area contributed by atoms with Crippen molar-refractivity contribution in [1.82, 2.24) is 4.90 Å². The molecule has 0 radical (unpaired) electrons. The van der Waals surface area contributed by atoms with Gasteiger partial charge in [-0.1, -0.05) is 36.4 Å². The van der Waals surface area contributed by atoms with Crippen molar-refractivity contribution in [2.45, 2.75) is 25.4 Å². The Morgan fingerprint density at radius 3 is 2.71 bits per heavy atom. The molecule has 0 saturated carbocycles. The van der Waals surface area contributed by atoms with Gasteiger partial charge in [0.05, 0.1) is 18.6 Å². The molecular formula is C17H19NO3. The van der Waals surface area contributed by atoms with Crippen LogP contribution in [-0.4, -0.2) is 42.4 Å². The molecule has 0 amide bonds. The van der Waals surface area contributed by atoms with E-state index in [0.29, 0.717) is 13.0 Å². The Kier molecular flexibility index (Phi) is 3.64. The molecule has 1 aromatic carbocycles. The van der Waals surface area contributed by atoms with E-state index >= 15 is 0 Å². The lowest BCUT2D eigenvalue weighted by Gasteiger charge is -2.30. The molecule has 2 bridgehead atoms. The van der Waals surface area contributed by atoms with Crippen molar-refractivity contribution in [2.24, 2.45) is 5.92 Å². The minimum absolute atomic E-state index is 0.0537. The van der Waals surface area contributed by atoms with Crippen LogP contribution in [0.1, 0.15) is 18.9 Å². The van der Waals surface area contributed by atoms with E-state index in [0.717, 1.165) is 11.1 Å². The van der Waals surface area contributed by atoms with Crippen molar-refractivity contribution in [2.75, 3.05) is 13.7 Å². The van der Waals surface area contributed by atoms with Crippen LogP contribution >= 0.6 is 0 Å². The lowest BCUT2D eigenvalue weighted by Crippen LogP contribution is -2.42. The SMILES string of the molecule is CCOC(=O)[C@H]1C[C@@H]2C(=O)C(c3ccccc3)=C[C@@H]1N2C. The molecule has 4 nitrogen and oxygen atoms in total. The molecule has 3 atom stereocenters. The van der Waals surface area contributed by atoms with Crippen LogP contribution in [0.2, 0.25) is 0 Å². The van der Waals surface area contributed by atoms with Gasteiger partial charge in [0, 0.05) is 11.6 Å². The maximum Gasteiger partial charge on any atom is 0.310 e. The lowest BCUT2D eigenvalue weighted by atomic mass is 9.93. The second kappa shape index (κ2) is 5.45. The Labute approximate surface area is 124 Å². The number of benzene rings is 1. The molecule has 0 aliphatic carbocycles. The second-order valence-corrected chi connectivity index (χ2v) is 5.58. The number of hydrogen-bond acceptors (Lipinski definition) is 4. The molecule has 0 N–H and O–H groups in total. The van der Waals surface area contributed by atoms with Gasteiger partial charge < -0.3 is 4.74 Å². The standard InChI is InChI=1S/C17H19NO3/c1-3-21-17(20)13-10-15-16(19)12(9-14(13)18(15)2)11-7-5-4-6-8-11/h4-9,13-15H,3,10H2,1-2H3/t13-,14-,15+/m0/s1. The summed E-state index contributed by atoms with van der Waals surface area (Å²) in [5.41, 5.74) is 1.66. The number of rotatable bonds is 3. The number of carbonyl (C=O) groups excluding carboxylic acids is 2. The smallest absolute Gasteiger partial charge is 0.310 e. The summed E-state index contributed by atoms with van der Waals surface area (Å²) in [5, 5.41) is 0. The summed E-state index contributed by atoms with van der Waals surface area (Å²) in [6, 6.07) is 9.38. The van der Waals surface area contributed by atoms with E-state index in [4.69, 9.17) is 4.74 Å². The highest BCUT2D eigenvalue weighted by molar-refractivity contribution is 6.24. The molecule has 2 aliphatic heterocycles. The minimum atomic E-state index is -0.245. The normalized spacial score (nSPS) is 28.4. The Bertz CT molecular complexity index is 593. The zero-order chi connectivity index (χ0) is 15.0. The first-order valence-electron chi connectivity index (χ1n) is 7.33. The van der Waals surface area contributed by atoms with Gasteiger partial charge in [0.2, 0.25) is 0 Å². The van der Waals surface area contributed by atoms with Crippen LogP contribution in [0.5, 0.6) is 0 Å². The van der Waals surface area contributed by atoms with Gasteiger partial charge in [-0.05, 0) is 26.0 Å². The molecule has 1 saturated heterocycles. The van der Waals surface area contributed by atoms with Gasteiger partial charge in [-0.15, -0.1) is 0 Å². The second-order valence-electron chi connectivity index (χ2n) is 5.58. The van der Waals surface area contributed by atoms with Crippen molar-refractivity contribution in [3.05, 3.63) is 42.0 Å². The van der Waals surface area contributed by atoms with E-state index < -0.39 is 0 Å². The van der Waals surface area contributed by atoms with Crippen LogP contribution in [0.3, 0.4) is 0 Å². The zero-order valence-electron chi connectivity index (χ0n) is 12.3. The zero-order valence-corrected chi connectivity index (χ0v) is 12.3. The molecule has 3 rings (SSSR count). The highest BCUT2D eigenvalue weighted by Gasteiger charge is 2.49. The number of esters is 1. The first-order valence-corrected chi connectivity index (χ1v) is 7.33. The van der Waals surface area contributed by atoms with Gasteiger partial charge >= 0.3 is 5.97 Å². The maximum absolute atomic E-state index is 12.7. The Hall–Kier alpha value is -1.94. The largest absolute Gasteiger partial charge is 0.466 e. The third-order valence-electron chi connectivity index (χ3n) is 4.43. The monoisotopic (exact) mass is 285 g/mol. The molecule has 2 aliphatic rings. The average Bonchev–Trinajstić information content (AvgIpc) is 2.72. The number of Topliss-reactive ketones (excluding diaryl/α,β-unsaturated/α-hetero) is 1. The summed E-state index contributed by atoms with van der Waals surface area (Å²) < 4.78 is 5.15. The molecule has 0 unspecified atom stereocenters. The fourth-order valence-corrected chi connectivity index (χ4v) is 3.34. The van der Waals surface area contributed by atoms with Crippen LogP contribution in [0, 0.1) is 5.92 Å². The van der Waals surface area contributed by atoms with Gasteiger partial charge in [0.1, 0.15) is 0 Å².